The zero-order valence-corrected chi connectivity index (χ0v) is 4.79. The van der Waals surface area contributed by atoms with Crippen LogP contribution in [0.1, 0.15) is 13.3 Å². The molecule has 0 spiro atoms. The molecule has 3 N–H and O–H groups in total. The number of rotatable bonds is 3. The lowest BCUT2D eigenvalue weighted by molar-refractivity contribution is -1.05. The van der Waals surface area contributed by atoms with Crippen LogP contribution in [0.5, 0.6) is 0 Å². The van der Waals surface area contributed by atoms with Crippen LogP contribution in [0.4, 0.5) is 0 Å². The number of quaternary nitrogens is 1. The van der Waals surface area contributed by atoms with E-state index in [0.717, 1.165) is 0 Å². The van der Waals surface area contributed by atoms with Crippen LogP contribution < -0.4 is 5.23 Å². The molecule has 8 heavy (non-hydrogen) atoms. The topological polar surface area (TPSA) is 68.0 Å². The fraction of sp³-hybridized carbons (Fsp3) is 1.00. The average Bonchev–Trinajstić information content (AvgIpc) is 1.61. The van der Waals surface area contributed by atoms with Crippen LogP contribution in [-0.2, 0) is 0 Å². The van der Waals surface area contributed by atoms with Crippen molar-refractivity contribution >= 4 is 0 Å². The molecule has 0 aromatic rings. The van der Waals surface area contributed by atoms with Gasteiger partial charge in [0.05, 0.1) is 6.10 Å². The largest absolute Gasteiger partial charge is 0.600 e. The van der Waals surface area contributed by atoms with E-state index in [1.165, 1.54) is 0 Å². The van der Waals surface area contributed by atoms with Crippen LogP contribution in [0.3, 0.4) is 0 Å². The highest BCUT2D eigenvalue weighted by molar-refractivity contribution is 4.41. The van der Waals surface area contributed by atoms with Crippen molar-refractivity contribution < 1.29 is 15.5 Å². The van der Waals surface area contributed by atoms with Gasteiger partial charge in [0, 0.05) is 6.42 Å². The summed E-state index contributed by atoms with van der Waals surface area (Å²) in [5, 5.41) is 25.5. The van der Waals surface area contributed by atoms with Crippen LogP contribution in [0.2, 0.25) is 0 Å². The van der Waals surface area contributed by atoms with Crippen LogP contribution in [-0.4, -0.2) is 23.0 Å². The summed E-state index contributed by atoms with van der Waals surface area (Å²) in [7, 11) is 0. The molecule has 2 atom stereocenters. The van der Waals surface area contributed by atoms with Gasteiger partial charge in [-0.2, -0.15) is 0 Å². The maximum atomic E-state index is 9.79. The van der Waals surface area contributed by atoms with Crippen molar-refractivity contribution in [3.63, 3.8) is 0 Å². The molecule has 0 saturated heterocycles. The summed E-state index contributed by atoms with van der Waals surface area (Å²) in [4.78, 5) is 0. The first-order chi connectivity index (χ1) is 3.63. The third-order valence-corrected chi connectivity index (χ3v) is 0.776. The Hall–Kier alpha value is -0.160. The number of aliphatic hydroxyl groups excluding tert-OH is 1. The normalized spacial score (nSPS) is 18.0. The third kappa shape index (κ3) is 5.84. The van der Waals surface area contributed by atoms with Crippen molar-refractivity contribution in [2.24, 2.45) is 0 Å². The fourth-order valence-electron chi connectivity index (χ4n) is 0.332. The highest BCUT2D eigenvalue weighted by Gasteiger charge is 1.96. The van der Waals surface area contributed by atoms with Gasteiger partial charge in [-0.05, 0) is 6.92 Å². The molecule has 0 radical (unpaired) electrons. The van der Waals surface area contributed by atoms with Gasteiger partial charge in [0.2, 0.25) is 0 Å². The van der Waals surface area contributed by atoms with Gasteiger partial charge in [-0.1, -0.05) is 0 Å². The Kier molecular flexibility index (Phi) is 3.72. The Balaban J connectivity index is 2.93. The molecule has 2 unspecified atom stereocenters. The van der Waals surface area contributed by atoms with E-state index < -0.39 is 11.3 Å². The Morgan fingerprint density at radius 2 is 2.25 bits per heavy atom. The van der Waals surface area contributed by atoms with Crippen molar-refractivity contribution in [2.75, 3.05) is 6.54 Å². The lowest BCUT2D eigenvalue weighted by atomic mass is 10.3. The first kappa shape index (κ1) is 7.84. The fourth-order valence-corrected chi connectivity index (χ4v) is 0.332. The summed E-state index contributed by atoms with van der Waals surface area (Å²) in [6, 6.07) is 0. The molecule has 50 valence electrons. The smallest absolute Gasteiger partial charge is 0.109 e. The third-order valence-electron chi connectivity index (χ3n) is 0.776. The zero-order chi connectivity index (χ0) is 6.57. The molecule has 0 aliphatic heterocycles. The Morgan fingerprint density at radius 1 is 1.75 bits per heavy atom. The van der Waals surface area contributed by atoms with Gasteiger partial charge < -0.3 is 10.3 Å². The number of hydroxylamine groups is 2. The van der Waals surface area contributed by atoms with Gasteiger partial charge in [-0.15, -0.1) is 0 Å². The highest BCUT2D eigenvalue weighted by Crippen LogP contribution is 1.81. The van der Waals surface area contributed by atoms with Crippen LogP contribution in [0.15, 0.2) is 0 Å². The van der Waals surface area contributed by atoms with E-state index in [2.05, 4.69) is 0 Å². The summed E-state index contributed by atoms with van der Waals surface area (Å²) in [5.74, 6) is 0. The standard InChI is InChI=1S/C4H11NO3/c1-4(6)2-3-5(7)8/h4-7H,2-3H2,1H3. The molecular weight excluding hydrogens is 110 g/mol. The predicted octanol–water partition coefficient (Wildman–Crippen LogP) is -1.47. The van der Waals surface area contributed by atoms with Crippen molar-refractivity contribution in [2.45, 2.75) is 19.4 Å². The average molecular weight is 121 g/mol. The molecule has 0 amide bonds. The summed E-state index contributed by atoms with van der Waals surface area (Å²) in [6.45, 7) is 1.63. The van der Waals surface area contributed by atoms with E-state index in [1.807, 2.05) is 0 Å². The second-order valence-corrected chi connectivity index (χ2v) is 1.78. The molecule has 0 aliphatic rings. The van der Waals surface area contributed by atoms with E-state index in [9.17, 15) is 5.21 Å². The lowest BCUT2D eigenvalue weighted by Gasteiger charge is -2.12. The van der Waals surface area contributed by atoms with Gasteiger partial charge in [0.1, 0.15) is 6.54 Å². The number of aliphatic hydroxyl groups is 1. The van der Waals surface area contributed by atoms with Crippen LogP contribution in [0, 0.1) is 5.21 Å². The number of hydrogen-bond acceptors (Lipinski definition) is 3. The molecule has 0 aromatic carbocycles. The summed E-state index contributed by atoms with van der Waals surface area (Å²) in [5.41, 5.74) is 0. The second kappa shape index (κ2) is 3.80. The van der Waals surface area contributed by atoms with E-state index in [1.54, 1.807) is 6.92 Å². The summed E-state index contributed by atoms with van der Waals surface area (Å²) < 4.78 is 0. The van der Waals surface area contributed by atoms with Crippen molar-refractivity contribution in [3.05, 3.63) is 5.21 Å². The van der Waals surface area contributed by atoms with Gasteiger partial charge >= 0.3 is 0 Å². The van der Waals surface area contributed by atoms with Crippen molar-refractivity contribution in [1.82, 2.24) is 0 Å². The van der Waals surface area contributed by atoms with Crippen molar-refractivity contribution in [3.8, 4) is 0 Å². The molecule has 0 bridgehead atoms. The van der Waals surface area contributed by atoms with E-state index >= 15 is 0 Å². The molecule has 4 nitrogen and oxygen atoms in total. The van der Waals surface area contributed by atoms with Crippen LogP contribution in [0.25, 0.3) is 0 Å². The van der Waals surface area contributed by atoms with E-state index in [0.29, 0.717) is 6.42 Å². The maximum Gasteiger partial charge on any atom is 0.109 e. The Bertz CT molecular complexity index is 47.2. The summed E-state index contributed by atoms with van der Waals surface area (Å²) >= 11 is 0. The monoisotopic (exact) mass is 121 g/mol. The van der Waals surface area contributed by atoms with Crippen LogP contribution >= 0.6 is 0 Å². The second-order valence-electron chi connectivity index (χ2n) is 1.78. The van der Waals surface area contributed by atoms with Gasteiger partial charge in [-0.3, -0.25) is 0 Å². The quantitative estimate of drug-likeness (QED) is 0.399. The molecule has 4 heteroatoms. The summed E-state index contributed by atoms with van der Waals surface area (Å²) in [6.07, 6.45) is -0.152. The maximum absolute atomic E-state index is 9.79. The van der Waals surface area contributed by atoms with E-state index in [4.69, 9.17) is 10.3 Å². The first-order valence-electron chi connectivity index (χ1n) is 2.53. The molecule has 0 heterocycles. The first-order valence-corrected chi connectivity index (χ1v) is 2.53. The Labute approximate surface area is 47.9 Å². The van der Waals surface area contributed by atoms with Gasteiger partial charge in [0.15, 0.2) is 0 Å². The molecular formula is C4H11NO3. The zero-order valence-electron chi connectivity index (χ0n) is 4.79. The molecule has 0 saturated carbocycles. The Morgan fingerprint density at radius 3 is 2.38 bits per heavy atom. The number of hydrogen-bond donors (Lipinski definition) is 3. The number of nitrogens with one attached hydrogen (secondary N) is 1. The molecule has 0 rings (SSSR count). The minimum absolute atomic E-state index is 0.0532. The van der Waals surface area contributed by atoms with E-state index in [-0.39, 0.29) is 6.54 Å². The van der Waals surface area contributed by atoms with Gasteiger partial charge in [0.25, 0.3) is 0 Å². The lowest BCUT2D eigenvalue weighted by Crippen LogP contribution is -3.04. The predicted molar refractivity (Wildman–Crippen MR) is 27.3 cm³/mol. The minimum atomic E-state index is -0.856. The molecule has 0 aliphatic carbocycles. The molecule has 0 fully saturated rings. The van der Waals surface area contributed by atoms with Gasteiger partial charge in [-0.25, -0.2) is 10.4 Å². The molecule has 0 aromatic heterocycles. The highest BCUT2D eigenvalue weighted by atomic mass is 16.8. The SMILES string of the molecule is CC(O)CC[NH+]([O-])O. The minimum Gasteiger partial charge on any atom is -0.600 e. The van der Waals surface area contributed by atoms with Crippen molar-refractivity contribution in [1.29, 1.82) is 0 Å².